The Hall–Kier alpha value is -2.39. The van der Waals surface area contributed by atoms with Crippen LogP contribution < -0.4 is 5.32 Å². The van der Waals surface area contributed by atoms with E-state index in [-0.39, 0.29) is 11.7 Å². The normalized spacial score (nSPS) is 11.7. The van der Waals surface area contributed by atoms with Gasteiger partial charge in [-0.05, 0) is 63.4 Å². The Morgan fingerprint density at radius 1 is 1.28 bits per heavy atom. The molecule has 25 heavy (non-hydrogen) atoms. The number of nitrogens with one attached hydrogen (secondary N) is 1. The highest BCUT2D eigenvalue weighted by molar-refractivity contribution is 8.00. The minimum Gasteiger partial charge on any atom is -0.325 e. The van der Waals surface area contributed by atoms with Crippen LogP contribution in [0.4, 0.5) is 10.1 Å². The van der Waals surface area contributed by atoms with Crippen LogP contribution in [0, 0.1) is 44.8 Å². The zero-order valence-electron chi connectivity index (χ0n) is 14.9. The minimum atomic E-state index is -0.481. The molecule has 1 N–H and O–H groups in total. The molecule has 2 rings (SSSR count). The number of pyridine rings is 1. The van der Waals surface area contributed by atoms with Crippen molar-refractivity contribution in [2.45, 2.75) is 44.9 Å². The highest BCUT2D eigenvalue weighted by Crippen LogP contribution is 2.30. The van der Waals surface area contributed by atoms with Crippen molar-refractivity contribution in [3.05, 3.63) is 52.0 Å². The standard InChI is InChI=1S/C19H20FN3OS/c1-10-6-7-15(8-17(10)20)23-18(24)14(5)25-19-16(9-21)12(3)11(2)13(4)22-19/h6-8,14H,1-5H3,(H,23,24). The molecule has 0 bridgehead atoms. The third-order valence-electron chi connectivity index (χ3n) is 4.17. The van der Waals surface area contributed by atoms with Gasteiger partial charge in [0, 0.05) is 11.4 Å². The van der Waals surface area contributed by atoms with Crippen molar-refractivity contribution < 1.29 is 9.18 Å². The number of rotatable bonds is 4. The second-order valence-corrected chi connectivity index (χ2v) is 7.28. The van der Waals surface area contributed by atoms with Crippen LogP contribution in [0.25, 0.3) is 0 Å². The Morgan fingerprint density at radius 2 is 1.96 bits per heavy atom. The number of amides is 1. The second-order valence-electron chi connectivity index (χ2n) is 5.95. The number of halogens is 1. The maximum Gasteiger partial charge on any atom is 0.237 e. The van der Waals surface area contributed by atoms with Crippen LogP contribution in [0.2, 0.25) is 0 Å². The largest absolute Gasteiger partial charge is 0.325 e. The fourth-order valence-electron chi connectivity index (χ4n) is 2.26. The monoisotopic (exact) mass is 357 g/mol. The van der Waals surface area contributed by atoms with E-state index in [4.69, 9.17) is 0 Å². The first kappa shape index (κ1) is 18.9. The SMILES string of the molecule is Cc1ccc(NC(=O)C(C)Sc2nc(C)c(C)c(C)c2C#N)cc1F. The Bertz CT molecular complexity index is 874. The zero-order chi connectivity index (χ0) is 18.7. The van der Waals surface area contributed by atoms with Gasteiger partial charge in [0.05, 0.1) is 10.8 Å². The van der Waals surface area contributed by atoms with E-state index >= 15 is 0 Å². The number of benzene rings is 1. The summed E-state index contributed by atoms with van der Waals surface area (Å²) in [5.41, 5.74) is 4.12. The Labute approximate surface area is 151 Å². The van der Waals surface area contributed by atoms with E-state index in [1.54, 1.807) is 26.0 Å². The lowest BCUT2D eigenvalue weighted by atomic mass is 10.1. The first-order chi connectivity index (χ1) is 11.7. The first-order valence-electron chi connectivity index (χ1n) is 7.86. The van der Waals surface area contributed by atoms with Gasteiger partial charge in [0.2, 0.25) is 5.91 Å². The number of aromatic nitrogens is 1. The van der Waals surface area contributed by atoms with Crippen molar-refractivity contribution in [1.29, 1.82) is 5.26 Å². The summed E-state index contributed by atoms with van der Waals surface area (Å²) in [6.45, 7) is 9.09. The number of thioether (sulfide) groups is 1. The summed E-state index contributed by atoms with van der Waals surface area (Å²) in [6.07, 6.45) is 0. The summed E-state index contributed by atoms with van der Waals surface area (Å²) in [7, 11) is 0. The van der Waals surface area contributed by atoms with Crippen molar-refractivity contribution >= 4 is 23.4 Å². The van der Waals surface area contributed by atoms with Gasteiger partial charge in [-0.25, -0.2) is 9.37 Å². The number of anilines is 1. The first-order valence-corrected chi connectivity index (χ1v) is 8.74. The second kappa shape index (κ2) is 7.66. The topological polar surface area (TPSA) is 65.8 Å². The number of hydrogen-bond donors (Lipinski definition) is 1. The van der Waals surface area contributed by atoms with Gasteiger partial charge >= 0.3 is 0 Å². The van der Waals surface area contributed by atoms with Crippen LogP contribution in [-0.4, -0.2) is 16.1 Å². The average Bonchev–Trinajstić information content (AvgIpc) is 2.56. The fourth-order valence-corrected chi connectivity index (χ4v) is 3.27. The van der Waals surface area contributed by atoms with Gasteiger partial charge in [-0.1, -0.05) is 17.8 Å². The minimum absolute atomic E-state index is 0.269. The molecule has 0 aliphatic rings. The number of carbonyl (C=O) groups excluding carboxylic acids is 1. The molecule has 1 heterocycles. The van der Waals surface area contributed by atoms with E-state index in [1.165, 1.54) is 17.8 Å². The zero-order valence-corrected chi connectivity index (χ0v) is 15.7. The molecule has 0 saturated heterocycles. The molecular formula is C19H20FN3OS. The molecule has 0 saturated carbocycles. The van der Waals surface area contributed by atoms with E-state index in [9.17, 15) is 14.4 Å². The van der Waals surface area contributed by atoms with Crippen LogP contribution in [0.15, 0.2) is 23.2 Å². The van der Waals surface area contributed by atoms with Crippen LogP contribution in [0.1, 0.15) is 34.9 Å². The van der Waals surface area contributed by atoms with Crippen molar-refractivity contribution in [1.82, 2.24) is 4.98 Å². The molecule has 1 aromatic heterocycles. The predicted molar refractivity (Wildman–Crippen MR) is 98.2 cm³/mol. The van der Waals surface area contributed by atoms with E-state index < -0.39 is 5.25 Å². The summed E-state index contributed by atoms with van der Waals surface area (Å²) in [4.78, 5) is 16.8. The highest BCUT2D eigenvalue weighted by Gasteiger charge is 2.20. The molecule has 0 fully saturated rings. The lowest BCUT2D eigenvalue weighted by Gasteiger charge is -2.15. The molecule has 0 spiro atoms. The molecule has 130 valence electrons. The van der Waals surface area contributed by atoms with E-state index in [1.807, 2.05) is 20.8 Å². The third kappa shape index (κ3) is 4.18. The Morgan fingerprint density at radius 3 is 2.56 bits per heavy atom. The molecule has 1 unspecified atom stereocenters. The number of nitriles is 1. The number of nitrogens with zero attached hydrogens (tertiary/aromatic N) is 2. The molecule has 2 aromatic rings. The molecule has 4 nitrogen and oxygen atoms in total. The van der Waals surface area contributed by atoms with Crippen LogP contribution in [-0.2, 0) is 4.79 Å². The van der Waals surface area contributed by atoms with Crippen LogP contribution in [0.5, 0.6) is 0 Å². The summed E-state index contributed by atoms with van der Waals surface area (Å²) in [5, 5.41) is 12.2. The van der Waals surface area contributed by atoms with Crippen LogP contribution >= 0.6 is 11.8 Å². The Balaban J connectivity index is 2.19. The van der Waals surface area contributed by atoms with Gasteiger partial charge in [-0.3, -0.25) is 4.79 Å². The van der Waals surface area contributed by atoms with Crippen molar-refractivity contribution in [3.63, 3.8) is 0 Å². The Kier molecular flexibility index (Phi) is 5.81. The highest BCUT2D eigenvalue weighted by atomic mass is 32.2. The quantitative estimate of drug-likeness (QED) is 0.821. The van der Waals surface area contributed by atoms with Crippen LogP contribution in [0.3, 0.4) is 0 Å². The number of aryl methyl sites for hydroxylation is 2. The molecule has 0 radical (unpaired) electrons. The lowest BCUT2D eigenvalue weighted by Crippen LogP contribution is -2.23. The number of hydrogen-bond acceptors (Lipinski definition) is 4. The van der Waals surface area contributed by atoms with Gasteiger partial charge < -0.3 is 5.32 Å². The van der Waals surface area contributed by atoms with Gasteiger partial charge in [0.15, 0.2) is 0 Å². The van der Waals surface area contributed by atoms with Gasteiger partial charge in [0.25, 0.3) is 0 Å². The molecular weight excluding hydrogens is 337 g/mol. The summed E-state index contributed by atoms with van der Waals surface area (Å²) in [5.74, 6) is -0.633. The van der Waals surface area contributed by atoms with Crippen molar-refractivity contribution in [2.75, 3.05) is 5.32 Å². The molecule has 6 heteroatoms. The van der Waals surface area contributed by atoms with E-state index in [0.717, 1.165) is 16.8 Å². The van der Waals surface area contributed by atoms with Gasteiger partial charge in [-0.2, -0.15) is 5.26 Å². The summed E-state index contributed by atoms with van der Waals surface area (Å²) < 4.78 is 13.6. The summed E-state index contributed by atoms with van der Waals surface area (Å²) in [6, 6.07) is 6.75. The molecule has 0 aliphatic heterocycles. The van der Waals surface area contributed by atoms with E-state index in [2.05, 4.69) is 16.4 Å². The van der Waals surface area contributed by atoms with E-state index in [0.29, 0.717) is 21.8 Å². The van der Waals surface area contributed by atoms with Gasteiger partial charge in [-0.15, -0.1) is 0 Å². The van der Waals surface area contributed by atoms with Crippen molar-refractivity contribution in [2.24, 2.45) is 0 Å². The third-order valence-corrected chi connectivity index (χ3v) is 5.26. The average molecular weight is 357 g/mol. The fraction of sp³-hybridized carbons (Fsp3) is 0.316. The number of carbonyl (C=O) groups is 1. The van der Waals surface area contributed by atoms with Crippen molar-refractivity contribution in [3.8, 4) is 6.07 Å². The molecule has 0 aliphatic carbocycles. The molecule has 1 aromatic carbocycles. The van der Waals surface area contributed by atoms with Gasteiger partial charge in [0.1, 0.15) is 16.9 Å². The molecule has 1 amide bonds. The smallest absolute Gasteiger partial charge is 0.237 e. The lowest BCUT2D eigenvalue weighted by molar-refractivity contribution is -0.115. The molecule has 1 atom stereocenters. The maximum atomic E-state index is 13.6. The summed E-state index contributed by atoms with van der Waals surface area (Å²) >= 11 is 1.23. The maximum absolute atomic E-state index is 13.6. The predicted octanol–water partition coefficient (Wildman–Crippen LogP) is 4.45.